The average molecular weight is 409 g/mol. The third-order valence-corrected chi connectivity index (χ3v) is 4.11. The summed E-state index contributed by atoms with van der Waals surface area (Å²) in [5.74, 6) is -4.50. The monoisotopic (exact) mass is 409 g/mol. The summed E-state index contributed by atoms with van der Waals surface area (Å²) in [6, 6.07) is 3.00. The molecular weight excluding hydrogens is 382 g/mol. The fraction of sp³-hybridized carbons (Fsp3) is 0.500. The minimum Gasteiger partial charge on any atom is -0.480 e. The Morgan fingerprint density at radius 2 is 1.55 bits per heavy atom. The van der Waals surface area contributed by atoms with Gasteiger partial charge in [-0.25, -0.2) is 0 Å². The zero-order chi connectivity index (χ0) is 22.3. The zero-order valence-electron chi connectivity index (χ0n) is 17.1. The van der Waals surface area contributed by atoms with Gasteiger partial charge in [0.25, 0.3) is 0 Å². The van der Waals surface area contributed by atoms with Crippen LogP contribution in [0.5, 0.6) is 11.5 Å². The van der Waals surface area contributed by atoms with Crippen molar-refractivity contribution >= 4 is 23.9 Å². The number of nitrogens with two attached hydrogens (primary N) is 1. The Morgan fingerprint density at radius 1 is 1.00 bits per heavy atom. The number of carbonyl (C=O) groups excluding carboxylic acids is 3. The number of carboxylic acids is 1. The summed E-state index contributed by atoms with van der Waals surface area (Å²) in [4.78, 5) is 46.0. The fourth-order valence-corrected chi connectivity index (χ4v) is 2.73. The molecule has 0 spiro atoms. The Morgan fingerprint density at radius 3 is 2.03 bits per heavy atom. The molecule has 0 saturated carbocycles. The molecule has 0 heterocycles. The molecule has 1 rings (SSSR count). The molecular formula is C20H27NO8. The number of carboxylic acid groups (broad SMARTS) is 1. The SMILES string of the molecule is CC(=O)Oc1ccc(C(C(C)COC(=O)C(C)C)[C@H](N)C(=O)O)cc1OC(C)=O. The Balaban J connectivity index is 3.29. The molecule has 0 aromatic heterocycles. The van der Waals surface area contributed by atoms with Gasteiger partial charge >= 0.3 is 23.9 Å². The number of hydrogen-bond donors (Lipinski definition) is 2. The average Bonchev–Trinajstić information content (AvgIpc) is 2.60. The summed E-state index contributed by atoms with van der Waals surface area (Å²) in [6.45, 7) is 7.40. The van der Waals surface area contributed by atoms with E-state index in [1.54, 1.807) is 20.8 Å². The third-order valence-electron chi connectivity index (χ3n) is 4.11. The van der Waals surface area contributed by atoms with Crippen LogP contribution in [0.3, 0.4) is 0 Å². The zero-order valence-corrected chi connectivity index (χ0v) is 17.1. The molecule has 9 nitrogen and oxygen atoms in total. The second-order valence-electron chi connectivity index (χ2n) is 7.05. The second-order valence-corrected chi connectivity index (χ2v) is 7.05. The van der Waals surface area contributed by atoms with Crippen molar-refractivity contribution in [2.45, 2.75) is 46.6 Å². The molecule has 0 bridgehead atoms. The van der Waals surface area contributed by atoms with E-state index in [0.29, 0.717) is 5.56 Å². The normalized spacial score (nSPS) is 13.9. The van der Waals surface area contributed by atoms with Crippen LogP contribution in [0, 0.1) is 11.8 Å². The number of benzene rings is 1. The highest BCUT2D eigenvalue weighted by molar-refractivity contribution is 5.76. The first-order chi connectivity index (χ1) is 13.4. The van der Waals surface area contributed by atoms with Gasteiger partial charge in [0.1, 0.15) is 6.04 Å². The predicted octanol–water partition coefficient (Wildman–Crippen LogP) is 1.87. The van der Waals surface area contributed by atoms with Crippen LogP contribution in [0.15, 0.2) is 18.2 Å². The van der Waals surface area contributed by atoms with Crippen LogP contribution in [-0.4, -0.2) is 41.6 Å². The topological polar surface area (TPSA) is 142 Å². The Labute approximate surface area is 169 Å². The largest absolute Gasteiger partial charge is 0.480 e. The molecule has 0 aliphatic heterocycles. The molecule has 3 atom stereocenters. The van der Waals surface area contributed by atoms with E-state index in [0.717, 1.165) is 0 Å². The first-order valence-corrected chi connectivity index (χ1v) is 9.09. The highest BCUT2D eigenvalue weighted by Crippen LogP contribution is 2.35. The van der Waals surface area contributed by atoms with Gasteiger partial charge in [-0.2, -0.15) is 0 Å². The van der Waals surface area contributed by atoms with Crippen LogP contribution >= 0.6 is 0 Å². The lowest BCUT2D eigenvalue weighted by molar-refractivity contribution is -0.149. The molecule has 0 radical (unpaired) electrons. The lowest BCUT2D eigenvalue weighted by Gasteiger charge is -2.28. The molecule has 29 heavy (non-hydrogen) atoms. The molecule has 0 aliphatic carbocycles. The maximum absolute atomic E-state index is 11.8. The maximum atomic E-state index is 11.8. The predicted molar refractivity (Wildman–Crippen MR) is 102 cm³/mol. The van der Waals surface area contributed by atoms with Gasteiger partial charge in [-0.15, -0.1) is 0 Å². The van der Waals surface area contributed by atoms with Gasteiger partial charge in [0.2, 0.25) is 0 Å². The van der Waals surface area contributed by atoms with Crippen molar-refractivity contribution in [3.05, 3.63) is 23.8 Å². The molecule has 160 valence electrons. The second kappa shape index (κ2) is 10.6. The Hall–Kier alpha value is -2.94. The van der Waals surface area contributed by atoms with Crippen molar-refractivity contribution in [2.24, 2.45) is 17.6 Å². The lowest BCUT2D eigenvalue weighted by Crippen LogP contribution is -2.40. The van der Waals surface area contributed by atoms with E-state index in [4.69, 9.17) is 19.9 Å². The number of carbonyl (C=O) groups is 4. The standard InChI is InChI=1S/C20H27NO8/c1-10(2)20(26)27-9-11(3)17(18(21)19(24)25)14-6-7-15(28-12(4)22)16(8-14)29-13(5)23/h6-8,10-11,17-18H,9,21H2,1-5H3,(H,24,25)/t11?,17?,18-/m0/s1. The molecule has 1 aromatic carbocycles. The van der Waals surface area contributed by atoms with Crippen molar-refractivity contribution < 1.29 is 38.5 Å². The number of ether oxygens (including phenoxy) is 3. The van der Waals surface area contributed by atoms with Crippen molar-refractivity contribution in [3.63, 3.8) is 0 Å². The molecule has 9 heteroatoms. The summed E-state index contributed by atoms with van der Waals surface area (Å²) in [5.41, 5.74) is 6.33. The third kappa shape index (κ3) is 7.19. The smallest absolute Gasteiger partial charge is 0.321 e. The van der Waals surface area contributed by atoms with Gasteiger partial charge in [0.15, 0.2) is 11.5 Å². The van der Waals surface area contributed by atoms with E-state index in [2.05, 4.69) is 0 Å². The van der Waals surface area contributed by atoms with Crippen LogP contribution in [0.4, 0.5) is 0 Å². The number of aliphatic carboxylic acids is 1. The highest BCUT2D eigenvalue weighted by atomic mass is 16.6. The summed E-state index contributed by atoms with van der Waals surface area (Å²) in [6.07, 6.45) is 0. The van der Waals surface area contributed by atoms with Crippen LogP contribution in [0.25, 0.3) is 0 Å². The molecule has 1 aromatic rings. The summed E-state index contributed by atoms with van der Waals surface area (Å²) in [7, 11) is 0. The van der Waals surface area contributed by atoms with Crippen molar-refractivity contribution in [2.75, 3.05) is 6.61 Å². The molecule has 0 fully saturated rings. The van der Waals surface area contributed by atoms with Crippen LogP contribution in [0.1, 0.15) is 46.1 Å². The van der Waals surface area contributed by atoms with E-state index in [1.807, 2.05) is 0 Å². The van der Waals surface area contributed by atoms with E-state index in [9.17, 15) is 24.3 Å². The molecule has 0 aliphatic rings. The van der Waals surface area contributed by atoms with E-state index in [-0.39, 0.29) is 24.0 Å². The quantitative estimate of drug-likeness (QED) is 0.461. The van der Waals surface area contributed by atoms with E-state index in [1.165, 1.54) is 32.0 Å². The molecule has 0 amide bonds. The summed E-state index contributed by atoms with van der Waals surface area (Å²) in [5, 5.41) is 9.43. The first-order valence-electron chi connectivity index (χ1n) is 9.09. The van der Waals surface area contributed by atoms with E-state index >= 15 is 0 Å². The van der Waals surface area contributed by atoms with Crippen molar-refractivity contribution in [3.8, 4) is 11.5 Å². The minimum atomic E-state index is -1.31. The van der Waals surface area contributed by atoms with Crippen molar-refractivity contribution in [1.82, 2.24) is 0 Å². The number of hydrogen-bond acceptors (Lipinski definition) is 8. The first kappa shape index (κ1) is 24.1. The fourth-order valence-electron chi connectivity index (χ4n) is 2.73. The minimum absolute atomic E-state index is 0.0120. The van der Waals surface area contributed by atoms with Gasteiger partial charge < -0.3 is 25.1 Å². The molecule has 0 saturated heterocycles. The molecule has 2 unspecified atom stereocenters. The Bertz CT molecular complexity index is 774. The van der Waals surface area contributed by atoms with Gasteiger partial charge in [0, 0.05) is 19.8 Å². The summed E-state index contributed by atoms with van der Waals surface area (Å²) >= 11 is 0. The van der Waals surface area contributed by atoms with Crippen LogP contribution in [-0.2, 0) is 23.9 Å². The Kier molecular flexibility index (Phi) is 8.78. The van der Waals surface area contributed by atoms with Crippen LogP contribution in [0.2, 0.25) is 0 Å². The van der Waals surface area contributed by atoms with Gasteiger partial charge in [-0.1, -0.05) is 26.8 Å². The van der Waals surface area contributed by atoms with Gasteiger partial charge in [-0.05, 0) is 23.6 Å². The van der Waals surface area contributed by atoms with Crippen LogP contribution < -0.4 is 15.2 Å². The van der Waals surface area contributed by atoms with Gasteiger partial charge in [0.05, 0.1) is 12.5 Å². The van der Waals surface area contributed by atoms with Crippen molar-refractivity contribution in [1.29, 1.82) is 0 Å². The lowest BCUT2D eigenvalue weighted by atomic mass is 9.82. The molecule has 3 N–H and O–H groups in total. The summed E-state index contributed by atoms with van der Waals surface area (Å²) < 4.78 is 15.3. The maximum Gasteiger partial charge on any atom is 0.321 e. The highest BCUT2D eigenvalue weighted by Gasteiger charge is 2.32. The number of esters is 3. The van der Waals surface area contributed by atoms with E-state index < -0.39 is 41.8 Å². The van der Waals surface area contributed by atoms with Gasteiger partial charge in [-0.3, -0.25) is 19.2 Å². The number of rotatable bonds is 9.